The standard InChI is InChI=1S/C27H30N4O/c1-27(10-3-4-11-27)17-31-16-21(14-28-31)22-12-18-6-5-7-24(18)29-25(22)19-8-9-20-15-30(2)26(32)23(20)13-19/h8-9,12-14,16H,3-7,10-11,15,17H2,1-2H3. The number of benzene rings is 1. The van der Waals surface area contributed by atoms with Gasteiger partial charge in [0, 0.05) is 54.3 Å². The summed E-state index contributed by atoms with van der Waals surface area (Å²) in [5.74, 6) is 0.0992. The van der Waals surface area contributed by atoms with E-state index in [1.54, 1.807) is 4.90 Å². The number of hydrogen-bond acceptors (Lipinski definition) is 3. The summed E-state index contributed by atoms with van der Waals surface area (Å²) in [4.78, 5) is 19.5. The molecule has 32 heavy (non-hydrogen) atoms. The van der Waals surface area contributed by atoms with Gasteiger partial charge in [0.15, 0.2) is 0 Å². The maximum absolute atomic E-state index is 12.6. The topological polar surface area (TPSA) is 51.0 Å². The fraction of sp³-hybridized carbons (Fsp3) is 0.444. The molecule has 1 aliphatic heterocycles. The first-order chi connectivity index (χ1) is 15.5. The van der Waals surface area contributed by atoms with E-state index in [9.17, 15) is 4.79 Å². The van der Waals surface area contributed by atoms with Gasteiger partial charge in [0.05, 0.1) is 11.9 Å². The van der Waals surface area contributed by atoms with E-state index >= 15 is 0 Å². The molecule has 0 saturated heterocycles. The van der Waals surface area contributed by atoms with Crippen molar-refractivity contribution in [3.05, 3.63) is 59.0 Å². The lowest BCUT2D eigenvalue weighted by molar-refractivity contribution is 0.0816. The van der Waals surface area contributed by atoms with Gasteiger partial charge in [0.25, 0.3) is 5.91 Å². The van der Waals surface area contributed by atoms with Crippen LogP contribution in [0.3, 0.4) is 0 Å². The number of rotatable bonds is 4. The second-order valence-corrected chi connectivity index (χ2v) is 10.3. The zero-order valence-electron chi connectivity index (χ0n) is 19.0. The predicted octanol–water partition coefficient (Wildman–Crippen LogP) is 5.27. The average molecular weight is 427 g/mol. The molecule has 0 unspecified atom stereocenters. The van der Waals surface area contributed by atoms with Gasteiger partial charge in [-0.15, -0.1) is 0 Å². The molecule has 0 N–H and O–H groups in total. The fourth-order valence-corrected chi connectivity index (χ4v) is 5.87. The zero-order chi connectivity index (χ0) is 21.9. The summed E-state index contributed by atoms with van der Waals surface area (Å²) in [6, 6.07) is 8.58. The van der Waals surface area contributed by atoms with Crippen LogP contribution in [0.1, 0.15) is 66.2 Å². The summed E-state index contributed by atoms with van der Waals surface area (Å²) in [5, 5.41) is 4.74. The second kappa shape index (κ2) is 7.29. The average Bonchev–Trinajstić information content (AvgIpc) is 3.56. The Balaban J connectivity index is 1.42. The van der Waals surface area contributed by atoms with Crippen molar-refractivity contribution in [3.8, 4) is 22.4 Å². The first kappa shape index (κ1) is 19.7. The van der Waals surface area contributed by atoms with E-state index in [0.717, 1.165) is 59.3 Å². The molecule has 3 aliphatic rings. The summed E-state index contributed by atoms with van der Waals surface area (Å²) in [6.07, 6.45) is 12.7. The van der Waals surface area contributed by atoms with E-state index < -0.39 is 0 Å². The molecular weight excluding hydrogens is 396 g/mol. The minimum atomic E-state index is 0.0992. The Morgan fingerprint density at radius 1 is 1.00 bits per heavy atom. The normalized spacial score (nSPS) is 18.9. The highest BCUT2D eigenvalue weighted by Crippen LogP contribution is 2.40. The Kier molecular flexibility index (Phi) is 4.49. The van der Waals surface area contributed by atoms with E-state index in [0.29, 0.717) is 12.0 Å². The molecule has 1 fully saturated rings. The predicted molar refractivity (Wildman–Crippen MR) is 125 cm³/mol. The van der Waals surface area contributed by atoms with Crippen molar-refractivity contribution < 1.29 is 4.79 Å². The monoisotopic (exact) mass is 426 g/mol. The maximum Gasteiger partial charge on any atom is 0.254 e. The van der Waals surface area contributed by atoms with Crippen molar-refractivity contribution in [1.82, 2.24) is 19.7 Å². The summed E-state index contributed by atoms with van der Waals surface area (Å²) in [6.45, 7) is 4.05. The van der Waals surface area contributed by atoms with Crippen LogP contribution in [0.15, 0.2) is 36.7 Å². The molecule has 5 heteroatoms. The number of hydrogen-bond donors (Lipinski definition) is 0. The summed E-state index contributed by atoms with van der Waals surface area (Å²) >= 11 is 0. The molecule has 5 nitrogen and oxygen atoms in total. The van der Waals surface area contributed by atoms with E-state index in [-0.39, 0.29) is 5.91 Å². The summed E-state index contributed by atoms with van der Waals surface area (Å²) in [7, 11) is 1.86. The molecule has 2 aliphatic carbocycles. The maximum atomic E-state index is 12.6. The lowest BCUT2D eigenvalue weighted by atomic mass is 9.89. The van der Waals surface area contributed by atoms with Gasteiger partial charge in [0.2, 0.25) is 0 Å². The van der Waals surface area contributed by atoms with Crippen LogP contribution in [0.2, 0.25) is 0 Å². The minimum absolute atomic E-state index is 0.0992. The highest BCUT2D eigenvalue weighted by Gasteiger charge is 2.30. The molecule has 0 bridgehead atoms. The Morgan fingerprint density at radius 2 is 1.84 bits per heavy atom. The number of carbonyl (C=O) groups is 1. The molecule has 1 aromatic carbocycles. The molecular formula is C27H30N4O. The van der Waals surface area contributed by atoms with Crippen LogP contribution in [0.5, 0.6) is 0 Å². The third-order valence-electron chi connectivity index (χ3n) is 7.72. The number of nitrogens with zero attached hydrogens (tertiary/aromatic N) is 4. The highest BCUT2D eigenvalue weighted by molar-refractivity contribution is 5.99. The van der Waals surface area contributed by atoms with Crippen LogP contribution in [-0.2, 0) is 25.9 Å². The van der Waals surface area contributed by atoms with Crippen molar-refractivity contribution in [3.63, 3.8) is 0 Å². The van der Waals surface area contributed by atoms with Gasteiger partial charge < -0.3 is 4.90 Å². The molecule has 3 heterocycles. The Hall–Kier alpha value is -2.95. The number of carbonyl (C=O) groups excluding carboxylic acids is 1. The molecule has 3 aromatic rings. The summed E-state index contributed by atoms with van der Waals surface area (Å²) < 4.78 is 2.12. The van der Waals surface area contributed by atoms with Crippen molar-refractivity contribution >= 4 is 5.91 Å². The molecule has 164 valence electrons. The SMILES string of the molecule is CN1Cc2ccc(-c3nc4c(cc3-c3cnn(CC5(C)CCCC5)c3)CCC4)cc2C1=O. The largest absolute Gasteiger partial charge is 0.337 e. The first-order valence-corrected chi connectivity index (χ1v) is 11.9. The van der Waals surface area contributed by atoms with Crippen LogP contribution in [-0.4, -0.2) is 32.6 Å². The number of pyridine rings is 1. The fourth-order valence-electron chi connectivity index (χ4n) is 5.87. The van der Waals surface area contributed by atoms with E-state index in [2.05, 4.69) is 36.0 Å². The molecule has 1 amide bonds. The van der Waals surface area contributed by atoms with Crippen LogP contribution in [0, 0.1) is 5.41 Å². The smallest absolute Gasteiger partial charge is 0.254 e. The third kappa shape index (κ3) is 3.26. The van der Waals surface area contributed by atoms with Crippen molar-refractivity contribution in [2.45, 2.75) is 65.0 Å². The van der Waals surface area contributed by atoms with Crippen molar-refractivity contribution in [2.24, 2.45) is 5.41 Å². The Bertz CT molecular complexity index is 1220. The first-order valence-electron chi connectivity index (χ1n) is 11.9. The van der Waals surface area contributed by atoms with E-state index in [1.165, 1.54) is 36.9 Å². The van der Waals surface area contributed by atoms with Crippen molar-refractivity contribution in [1.29, 1.82) is 0 Å². The Labute approximate surface area is 189 Å². The van der Waals surface area contributed by atoms with Crippen LogP contribution >= 0.6 is 0 Å². The molecule has 1 saturated carbocycles. The number of aromatic nitrogens is 3. The van der Waals surface area contributed by atoms with Gasteiger partial charge in [-0.1, -0.05) is 31.9 Å². The van der Waals surface area contributed by atoms with Crippen LogP contribution in [0.25, 0.3) is 22.4 Å². The van der Waals surface area contributed by atoms with E-state index in [1.807, 2.05) is 19.3 Å². The van der Waals surface area contributed by atoms with Gasteiger partial charge in [-0.3, -0.25) is 14.5 Å². The van der Waals surface area contributed by atoms with Gasteiger partial charge in [-0.2, -0.15) is 5.10 Å². The van der Waals surface area contributed by atoms with Gasteiger partial charge >= 0.3 is 0 Å². The number of fused-ring (bicyclic) bond motifs is 2. The number of amides is 1. The van der Waals surface area contributed by atoms with Gasteiger partial charge in [-0.25, -0.2) is 0 Å². The van der Waals surface area contributed by atoms with Crippen LogP contribution < -0.4 is 0 Å². The molecule has 2 aromatic heterocycles. The van der Waals surface area contributed by atoms with Crippen molar-refractivity contribution in [2.75, 3.05) is 7.05 Å². The molecule has 0 spiro atoms. The molecule has 0 atom stereocenters. The zero-order valence-corrected chi connectivity index (χ0v) is 19.0. The minimum Gasteiger partial charge on any atom is -0.337 e. The number of aryl methyl sites for hydroxylation is 2. The Morgan fingerprint density at radius 3 is 2.69 bits per heavy atom. The summed E-state index contributed by atoms with van der Waals surface area (Å²) in [5.41, 5.74) is 9.07. The third-order valence-corrected chi connectivity index (χ3v) is 7.72. The lowest BCUT2D eigenvalue weighted by Crippen LogP contribution is -2.19. The van der Waals surface area contributed by atoms with Gasteiger partial charge in [-0.05, 0) is 60.8 Å². The lowest BCUT2D eigenvalue weighted by Gasteiger charge is -2.23. The molecule has 0 radical (unpaired) electrons. The van der Waals surface area contributed by atoms with Crippen LogP contribution in [0.4, 0.5) is 0 Å². The second-order valence-electron chi connectivity index (χ2n) is 10.3. The molecule has 6 rings (SSSR count). The van der Waals surface area contributed by atoms with E-state index in [4.69, 9.17) is 10.1 Å². The quantitative estimate of drug-likeness (QED) is 0.571. The van der Waals surface area contributed by atoms with Gasteiger partial charge in [0.1, 0.15) is 0 Å². The highest BCUT2D eigenvalue weighted by atomic mass is 16.2.